The molecule has 130 valence electrons. The van der Waals surface area contributed by atoms with Crippen molar-refractivity contribution in [3.05, 3.63) is 91.0 Å². The first-order chi connectivity index (χ1) is 13.2. The molecule has 0 atom stereocenters. The number of hydrogen-bond donors (Lipinski definition) is 0. The quantitative estimate of drug-likeness (QED) is 0.315. The molecule has 27 heavy (non-hydrogen) atoms. The summed E-state index contributed by atoms with van der Waals surface area (Å²) < 4.78 is 0. The predicted octanol–water partition coefficient (Wildman–Crippen LogP) is 6.88. The highest BCUT2D eigenvalue weighted by molar-refractivity contribution is 6.05. The molecule has 0 unspecified atom stereocenters. The Bertz CT molecular complexity index is 1280. The van der Waals surface area contributed by atoms with Gasteiger partial charge in [0.05, 0.1) is 0 Å². The molecule has 0 saturated heterocycles. The maximum absolute atomic E-state index is 2.31. The van der Waals surface area contributed by atoms with Gasteiger partial charge in [-0.25, -0.2) is 0 Å². The molecule has 5 rings (SSSR count). The summed E-state index contributed by atoms with van der Waals surface area (Å²) in [4.78, 5) is 2.13. The average Bonchev–Trinajstić information content (AvgIpc) is 2.70. The van der Waals surface area contributed by atoms with Crippen LogP contribution in [0.5, 0.6) is 0 Å². The monoisotopic (exact) mass is 347 g/mol. The molecule has 0 radical (unpaired) electrons. The Morgan fingerprint density at radius 3 is 1.52 bits per heavy atom. The number of fused-ring (bicyclic) bond motifs is 3. The van der Waals surface area contributed by atoms with Crippen molar-refractivity contribution in [2.75, 3.05) is 19.0 Å². The maximum atomic E-state index is 2.31. The van der Waals surface area contributed by atoms with E-state index in [-0.39, 0.29) is 0 Å². The molecular formula is C26H21N. The Morgan fingerprint density at radius 2 is 0.926 bits per heavy atom. The fourth-order valence-electron chi connectivity index (χ4n) is 3.82. The molecule has 0 N–H and O–H groups in total. The van der Waals surface area contributed by atoms with Crippen molar-refractivity contribution in [3.8, 4) is 11.1 Å². The van der Waals surface area contributed by atoms with Crippen molar-refractivity contribution in [2.24, 2.45) is 0 Å². The Balaban J connectivity index is 1.65. The lowest BCUT2D eigenvalue weighted by atomic mass is 9.97. The van der Waals surface area contributed by atoms with Crippen LogP contribution >= 0.6 is 0 Å². The van der Waals surface area contributed by atoms with Crippen molar-refractivity contribution in [3.63, 3.8) is 0 Å². The summed E-state index contributed by atoms with van der Waals surface area (Å²) in [6.07, 6.45) is 0. The van der Waals surface area contributed by atoms with E-state index in [1.807, 2.05) is 0 Å². The highest BCUT2D eigenvalue weighted by Gasteiger charge is 2.04. The second kappa shape index (κ2) is 6.14. The van der Waals surface area contributed by atoms with Crippen molar-refractivity contribution >= 4 is 38.0 Å². The van der Waals surface area contributed by atoms with Gasteiger partial charge in [-0.15, -0.1) is 0 Å². The van der Waals surface area contributed by atoms with Gasteiger partial charge in [0.2, 0.25) is 0 Å². The molecule has 5 aromatic rings. The molecule has 0 heterocycles. The first-order valence-corrected chi connectivity index (χ1v) is 9.31. The van der Waals surface area contributed by atoms with Crippen LogP contribution in [0.25, 0.3) is 43.4 Å². The van der Waals surface area contributed by atoms with E-state index in [1.165, 1.54) is 49.1 Å². The minimum atomic E-state index is 1.22. The van der Waals surface area contributed by atoms with Gasteiger partial charge in [0.25, 0.3) is 0 Å². The number of benzene rings is 5. The molecular weight excluding hydrogens is 326 g/mol. The Morgan fingerprint density at radius 1 is 0.444 bits per heavy atom. The smallest absolute Gasteiger partial charge is 0.0361 e. The van der Waals surface area contributed by atoms with E-state index in [1.54, 1.807) is 0 Å². The molecule has 1 nitrogen and oxygen atoms in total. The third kappa shape index (κ3) is 2.82. The highest BCUT2D eigenvalue weighted by atomic mass is 15.1. The minimum absolute atomic E-state index is 1.22. The van der Waals surface area contributed by atoms with Crippen LogP contribution < -0.4 is 4.90 Å². The lowest BCUT2D eigenvalue weighted by Crippen LogP contribution is -2.07. The Kier molecular flexibility index (Phi) is 3.61. The van der Waals surface area contributed by atoms with Crippen LogP contribution in [0.3, 0.4) is 0 Å². The Labute approximate surface area is 159 Å². The number of nitrogens with zero attached hydrogens (tertiary/aromatic N) is 1. The summed E-state index contributed by atoms with van der Waals surface area (Å²) in [5.41, 5.74) is 3.73. The Hall–Kier alpha value is -3.32. The molecule has 0 spiro atoms. The lowest BCUT2D eigenvalue weighted by molar-refractivity contribution is 1.13. The van der Waals surface area contributed by atoms with Gasteiger partial charge < -0.3 is 4.90 Å². The lowest BCUT2D eigenvalue weighted by Gasteiger charge is -2.13. The van der Waals surface area contributed by atoms with Gasteiger partial charge in [0.1, 0.15) is 0 Å². The zero-order chi connectivity index (χ0) is 18.4. The molecule has 0 aliphatic heterocycles. The molecule has 0 aliphatic rings. The second-order valence-electron chi connectivity index (χ2n) is 7.40. The highest BCUT2D eigenvalue weighted by Crippen LogP contribution is 2.31. The van der Waals surface area contributed by atoms with Crippen LogP contribution in [0.2, 0.25) is 0 Å². The SMILES string of the molecule is CN(C)c1ccc(-c2ccc3cc4cc5ccccc5cc4cc3c2)cc1. The molecule has 0 aromatic heterocycles. The fourth-order valence-corrected chi connectivity index (χ4v) is 3.82. The van der Waals surface area contributed by atoms with Crippen molar-refractivity contribution in [1.82, 2.24) is 0 Å². The van der Waals surface area contributed by atoms with Gasteiger partial charge in [-0.2, -0.15) is 0 Å². The molecule has 0 amide bonds. The van der Waals surface area contributed by atoms with Gasteiger partial charge in [0.15, 0.2) is 0 Å². The van der Waals surface area contributed by atoms with E-state index >= 15 is 0 Å². The van der Waals surface area contributed by atoms with Crippen LogP contribution in [0.1, 0.15) is 0 Å². The third-order valence-electron chi connectivity index (χ3n) is 5.38. The van der Waals surface area contributed by atoms with Crippen molar-refractivity contribution < 1.29 is 0 Å². The molecule has 0 fully saturated rings. The van der Waals surface area contributed by atoms with E-state index in [0.717, 1.165) is 0 Å². The second-order valence-corrected chi connectivity index (χ2v) is 7.40. The summed E-state index contributed by atoms with van der Waals surface area (Å²) in [6, 6.07) is 33.3. The van der Waals surface area contributed by atoms with Crippen LogP contribution in [-0.2, 0) is 0 Å². The fraction of sp³-hybridized carbons (Fsp3) is 0.0769. The van der Waals surface area contributed by atoms with E-state index in [2.05, 4.69) is 110 Å². The largest absolute Gasteiger partial charge is 0.378 e. The van der Waals surface area contributed by atoms with E-state index < -0.39 is 0 Å². The van der Waals surface area contributed by atoms with Crippen molar-refractivity contribution in [1.29, 1.82) is 0 Å². The zero-order valence-electron chi connectivity index (χ0n) is 15.6. The summed E-state index contributed by atoms with van der Waals surface area (Å²) >= 11 is 0. The average molecular weight is 347 g/mol. The number of rotatable bonds is 2. The van der Waals surface area contributed by atoms with Gasteiger partial charge in [-0.05, 0) is 85.9 Å². The van der Waals surface area contributed by atoms with Crippen LogP contribution in [0.15, 0.2) is 91.0 Å². The maximum Gasteiger partial charge on any atom is 0.0361 e. The summed E-state index contributed by atoms with van der Waals surface area (Å²) in [7, 11) is 4.14. The molecule has 0 saturated carbocycles. The van der Waals surface area contributed by atoms with Crippen LogP contribution in [-0.4, -0.2) is 14.1 Å². The third-order valence-corrected chi connectivity index (χ3v) is 5.38. The normalized spacial score (nSPS) is 11.3. The molecule has 0 bridgehead atoms. The standard InChI is InChI=1S/C26H21N/c1-27(2)26-11-9-18(10-12-26)21-7-8-22-16-24-13-19-5-3-4-6-20(19)14-25(24)17-23(22)15-21/h3-17H,1-2H3. The summed E-state index contributed by atoms with van der Waals surface area (Å²) in [5.74, 6) is 0. The minimum Gasteiger partial charge on any atom is -0.378 e. The number of anilines is 1. The molecule has 1 heteroatoms. The first-order valence-electron chi connectivity index (χ1n) is 9.31. The zero-order valence-corrected chi connectivity index (χ0v) is 15.6. The van der Waals surface area contributed by atoms with Crippen LogP contribution in [0.4, 0.5) is 5.69 Å². The van der Waals surface area contributed by atoms with Crippen molar-refractivity contribution in [2.45, 2.75) is 0 Å². The van der Waals surface area contributed by atoms with Gasteiger partial charge in [-0.3, -0.25) is 0 Å². The predicted molar refractivity (Wildman–Crippen MR) is 119 cm³/mol. The van der Waals surface area contributed by atoms with Gasteiger partial charge in [0, 0.05) is 19.8 Å². The summed E-state index contributed by atoms with van der Waals surface area (Å²) in [5, 5.41) is 7.74. The topological polar surface area (TPSA) is 3.24 Å². The summed E-state index contributed by atoms with van der Waals surface area (Å²) in [6.45, 7) is 0. The number of hydrogen-bond acceptors (Lipinski definition) is 1. The molecule has 0 aliphatic carbocycles. The van der Waals surface area contributed by atoms with E-state index in [9.17, 15) is 0 Å². The first kappa shape index (κ1) is 15.9. The van der Waals surface area contributed by atoms with Gasteiger partial charge >= 0.3 is 0 Å². The van der Waals surface area contributed by atoms with Gasteiger partial charge in [-0.1, -0.05) is 48.5 Å². The van der Waals surface area contributed by atoms with E-state index in [0.29, 0.717) is 0 Å². The van der Waals surface area contributed by atoms with E-state index in [4.69, 9.17) is 0 Å². The van der Waals surface area contributed by atoms with Crippen LogP contribution in [0, 0.1) is 0 Å². The molecule has 5 aromatic carbocycles.